The van der Waals surface area contributed by atoms with Gasteiger partial charge in [-0.3, -0.25) is 9.89 Å². The molecule has 1 amide bonds. The molecule has 1 aliphatic rings. The van der Waals surface area contributed by atoms with Crippen LogP contribution in [0.15, 0.2) is 96.5 Å². The minimum Gasteiger partial charge on any atom is -0.625 e. The Morgan fingerprint density at radius 2 is 1.81 bits per heavy atom. The summed E-state index contributed by atoms with van der Waals surface area (Å²) in [4.78, 5) is 37.0. The molecule has 0 saturated carbocycles. The minimum atomic E-state index is -1.12. The first-order valence-corrected chi connectivity index (χ1v) is 14.4. The number of aromatic nitrogens is 2. The maximum Gasteiger partial charge on any atom is 0.330 e. The van der Waals surface area contributed by atoms with Crippen LogP contribution < -0.4 is 0 Å². The Kier molecular flexibility index (Phi) is 11.2. The molecule has 43 heavy (non-hydrogen) atoms. The molecule has 4 aromatic rings. The predicted octanol–water partition coefficient (Wildman–Crippen LogP) is 6.94. The van der Waals surface area contributed by atoms with Gasteiger partial charge in [-0.2, -0.15) is 0 Å². The molecule has 1 aliphatic heterocycles. The molecule has 1 N–H and O–H groups in total. The van der Waals surface area contributed by atoms with E-state index in [1.54, 1.807) is 42.3 Å². The zero-order chi connectivity index (χ0) is 29.6. The van der Waals surface area contributed by atoms with Gasteiger partial charge in [0.2, 0.25) is 0 Å². The Bertz CT molecular complexity index is 1580. The molecule has 1 saturated heterocycles. The number of carboxylic acid groups (broad SMARTS) is 1. The Hall–Kier alpha value is -3.49. The number of carbonyl (C=O) groups excluding carboxylic acids is 1. The second kappa shape index (κ2) is 14.8. The van der Waals surface area contributed by atoms with E-state index < -0.39 is 24.1 Å². The zero-order valence-electron chi connectivity index (χ0n) is 23.3. The van der Waals surface area contributed by atoms with Crippen LogP contribution in [0.2, 0.25) is 10.0 Å². The molecule has 0 bridgehead atoms. The van der Waals surface area contributed by atoms with Crippen LogP contribution in [0.3, 0.4) is 0 Å². The smallest absolute Gasteiger partial charge is 0.330 e. The van der Waals surface area contributed by atoms with Crippen molar-refractivity contribution in [3.8, 4) is 0 Å². The molecule has 226 valence electrons. The number of para-hydroxylation sites is 1. The average molecular weight is 662 g/mol. The van der Waals surface area contributed by atoms with Crippen molar-refractivity contribution in [3.05, 3.63) is 124 Å². The molecule has 0 aliphatic carbocycles. The van der Waals surface area contributed by atoms with Gasteiger partial charge in [-0.05, 0) is 49.6 Å². The number of amides is 1. The van der Waals surface area contributed by atoms with Crippen molar-refractivity contribution in [1.82, 2.24) is 14.5 Å². The van der Waals surface area contributed by atoms with Gasteiger partial charge in [0, 0.05) is 41.0 Å². The summed E-state index contributed by atoms with van der Waals surface area (Å²) >= 11 is 12.3. The minimum absolute atomic E-state index is 0. The molecule has 0 spiro atoms. The van der Waals surface area contributed by atoms with Crippen molar-refractivity contribution >= 4 is 46.5 Å². The second-order valence-corrected chi connectivity index (χ2v) is 11.0. The third-order valence-electron chi connectivity index (χ3n) is 7.43. The fourth-order valence-corrected chi connectivity index (χ4v) is 5.53. The predicted molar refractivity (Wildman–Crippen MR) is 165 cm³/mol. The molecule has 3 aromatic carbocycles. The van der Waals surface area contributed by atoms with Gasteiger partial charge < -0.3 is 19.8 Å². The number of aliphatic imine (C=N–C) groups is 1. The SMILES string of the molecule is C[C@H]([C@H](N=C(c1ccccc1)c1ccccc1[N-]C(=O)[C@@H]1CCCN1Cc1ccc(Cl)c(Cl)c1)C(=O)O)n1ccnc1.[Ni]. The standard InChI is InChI=1S/C32H31Cl2N5O3.Ni/c1-21(39-17-15-35-20-39)29(32(41)42)37-30(23-8-3-2-4-9-23)24-10-5-6-11-27(24)36-31(40)28-12-7-16-38(28)19-22-13-14-25(33)26(34)18-22;/h2-6,8-11,13-15,17-18,20-21,28-29H,7,12,16,19H2,1H3,(H2,36,37,40,41,42);/p-1/t21-,28+,29+;/m1./s1. The number of hydrogen-bond acceptors (Lipinski definition) is 5. The molecule has 1 aromatic heterocycles. The third-order valence-corrected chi connectivity index (χ3v) is 8.17. The van der Waals surface area contributed by atoms with Crippen LogP contribution in [-0.4, -0.2) is 55.8 Å². The summed E-state index contributed by atoms with van der Waals surface area (Å²) in [5.74, 6) is -1.33. The van der Waals surface area contributed by atoms with Gasteiger partial charge in [-0.1, -0.05) is 83.9 Å². The Balaban J connectivity index is 0.00000423. The number of rotatable bonds is 10. The number of likely N-dealkylation sites (tertiary alicyclic amines) is 1. The van der Waals surface area contributed by atoms with Gasteiger partial charge >= 0.3 is 5.97 Å². The fourth-order valence-electron chi connectivity index (χ4n) is 5.21. The van der Waals surface area contributed by atoms with Crippen LogP contribution in [-0.2, 0) is 32.6 Å². The van der Waals surface area contributed by atoms with Crippen LogP contribution >= 0.6 is 23.2 Å². The largest absolute Gasteiger partial charge is 0.625 e. The van der Waals surface area contributed by atoms with Gasteiger partial charge in [0.25, 0.3) is 0 Å². The topological polar surface area (TPSA) is 102 Å². The molecular formula is C32H30Cl2N5NiO3-. The van der Waals surface area contributed by atoms with Crippen molar-refractivity contribution in [3.63, 3.8) is 0 Å². The first-order chi connectivity index (χ1) is 20.3. The molecule has 0 radical (unpaired) electrons. The average Bonchev–Trinajstić information content (AvgIpc) is 3.69. The molecule has 2 heterocycles. The maximum absolute atomic E-state index is 13.6. The number of carbonyl (C=O) groups is 2. The van der Waals surface area contributed by atoms with Crippen LogP contribution in [0.5, 0.6) is 0 Å². The molecule has 8 nitrogen and oxygen atoms in total. The van der Waals surface area contributed by atoms with Crippen molar-refractivity contribution in [1.29, 1.82) is 0 Å². The molecule has 5 rings (SSSR count). The van der Waals surface area contributed by atoms with Crippen molar-refractivity contribution in [2.75, 3.05) is 6.54 Å². The summed E-state index contributed by atoms with van der Waals surface area (Å²) in [5.41, 5.74) is 3.15. The second-order valence-electron chi connectivity index (χ2n) is 10.2. The van der Waals surface area contributed by atoms with Gasteiger partial charge in [-0.15, -0.1) is 5.69 Å². The third kappa shape index (κ3) is 7.73. The number of halogens is 2. The molecule has 1 fully saturated rings. The van der Waals surface area contributed by atoms with Gasteiger partial charge in [-0.25, -0.2) is 9.78 Å². The van der Waals surface area contributed by atoms with Crippen LogP contribution in [0.1, 0.15) is 42.5 Å². The van der Waals surface area contributed by atoms with Crippen LogP contribution in [0.4, 0.5) is 5.69 Å². The number of imidazole rings is 1. The van der Waals surface area contributed by atoms with E-state index in [1.807, 2.05) is 60.7 Å². The first kappa shape index (κ1) is 32.4. The number of aliphatic carboxylic acids is 1. The van der Waals surface area contributed by atoms with Crippen LogP contribution in [0.25, 0.3) is 5.32 Å². The van der Waals surface area contributed by atoms with E-state index >= 15 is 0 Å². The molecule has 3 atom stereocenters. The van der Waals surface area contributed by atoms with E-state index in [0.717, 1.165) is 24.1 Å². The summed E-state index contributed by atoms with van der Waals surface area (Å²) in [6.45, 7) is 3.10. The van der Waals surface area contributed by atoms with E-state index in [-0.39, 0.29) is 22.4 Å². The van der Waals surface area contributed by atoms with Gasteiger partial charge in [0.15, 0.2) is 6.04 Å². The van der Waals surface area contributed by atoms with E-state index in [1.165, 1.54) is 0 Å². The number of nitrogens with zero attached hydrogens (tertiary/aromatic N) is 5. The summed E-state index contributed by atoms with van der Waals surface area (Å²) in [7, 11) is 0. The summed E-state index contributed by atoms with van der Waals surface area (Å²) < 4.78 is 1.72. The van der Waals surface area contributed by atoms with Gasteiger partial charge in [0.1, 0.15) is 0 Å². The van der Waals surface area contributed by atoms with E-state index in [4.69, 9.17) is 28.2 Å². The van der Waals surface area contributed by atoms with E-state index in [9.17, 15) is 14.7 Å². The molecule has 11 heteroatoms. The van der Waals surface area contributed by atoms with Crippen molar-refractivity contribution in [2.24, 2.45) is 4.99 Å². The molecular weight excluding hydrogens is 632 g/mol. The Morgan fingerprint density at radius 3 is 2.51 bits per heavy atom. The van der Waals surface area contributed by atoms with Crippen LogP contribution in [0, 0.1) is 0 Å². The number of benzene rings is 3. The van der Waals surface area contributed by atoms with Gasteiger partial charge in [0.05, 0.1) is 40.1 Å². The Morgan fingerprint density at radius 1 is 1.07 bits per heavy atom. The fraction of sp³-hybridized carbons (Fsp3) is 0.250. The summed E-state index contributed by atoms with van der Waals surface area (Å²) in [6, 6.07) is 20.0. The maximum atomic E-state index is 13.6. The van der Waals surface area contributed by atoms with E-state index in [0.29, 0.717) is 40.0 Å². The van der Waals surface area contributed by atoms with Crippen molar-refractivity contribution in [2.45, 2.75) is 44.4 Å². The number of carboxylic acids is 1. The quantitative estimate of drug-likeness (QED) is 0.147. The first-order valence-electron chi connectivity index (χ1n) is 13.7. The summed E-state index contributed by atoms with van der Waals surface area (Å²) in [5, 5.41) is 15.7. The van der Waals surface area contributed by atoms with Crippen molar-refractivity contribution < 1.29 is 31.2 Å². The summed E-state index contributed by atoms with van der Waals surface area (Å²) in [6.07, 6.45) is 6.45. The van der Waals surface area contributed by atoms with E-state index in [2.05, 4.69) is 15.2 Å². The number of hydrogen-bond donors (Lipinski definition) is 1. The zero-order valence-corrected chi connectivity index (χ0v) is 25.8. The normalized spacial score (nSPS) is 16.7. The molecule has 0 unspecified atom stereocenters. The Labute approximate surface area is 270 Å². The monoisotopic (exact) mass is 660 g/mol.